The number of carbonyl (C=O) groups excluding carboxylic acids is 1. The van der Waals surface area contributed by atoms with E-state index in [0.717, 1.165) is 5.56 Å². The van der Waals surface area contributed by atoms with E-state index in [9.17, 15) is 4.79 Å². The first-order valence-electron chi connectivity index (χ1n) is 7.23. The van der Waals surface area contributed by atoms with E-state index in [1.54, 1.807) is 47.7 Å². The molecule has 0 aliphatic rings. The molecular weight excluding hydrogens is 306 g/mol. The van der Waals surface area contributed by atoms with Crippen LogP contribution in [-0.4, -0.2) is 22.8 Å². The number of rotatable bonds is 4. The molecule has 3 rings (SSSR count). The molecule has 2 aromatic heterocycles. The molecule has 3 aromatic rings. The van der Waals surface area contributed by atoms with Crippen LogP contribution in [0, 0.1) is 0 Å². The van der Waals surface area contributed by atoms with E-state index < -0.39 is 0 Å². The fourth-order valence-electron chi connectivity index (χ4n) is 2.30. The molecule has 0 atom stereocenters. The van der Waals surface area contributed by atoms with Gasteiger partial charge in [-0.1, -0.05) is 18.2 Å². The van der Waals surface area contributed by atoms with Crippen LogP contribution < -0.4 is 5.73 Å². The fourth-order valence-corrected chi connectivity index (χ4v) is 3.25. The van der Waals surface area contributed by atoms with Crippen LogP contribution in [0.3, 0.4) is 0 Å². The lowest BCUT2D eigenvalue weighted by Crippen LogP contribution is -2.23. The standard InChI is InChI=1S/C18H17N3OS/c1-21(11-14-12-23-16-5-3-2-4-15(14)16)18(22)9-7-13-6-8-17(19)20-10-13/h2-10,12H,11H2,1H3,(H2,19,20)/b9-7+. The summed E-state index contributed by atoms with van der Waals surface area (Å²) in [6, 6.07) is 11.8. The van der Waals surface area contributed by atoms with E-state index in [2.05, 4.69) is 22.5 Å². The molecule has 0 saturated carbocycles. The van der Waals surface area contributed by atoms with Crippen LogP contribution in [0.5, 0.6) is 0 Å². The maximum absolute atomic E-state index is 12.2. The third kappa shape index (κ3) is 3.57. The Morgan fingerprint density at radius 1 is 1.30 bits per heavy atom. The van der Waals surface area contributed by atoms with E-state index >= 15 is 0 Å². The van der Waals surface area contributed by atoms with Crippen molar-refractivity contribution in [1.82, 2.24) is 9.88 Å². The summed E-state index contributed by atoms with van der Waals surface area (Å²) in [7, 11) is 1.81. The van der Waals surface area contributed by atoms with Gasteiger partial charge in [-0.3, -0.25) is 4.79 Å². The summed E-state index contributed by atoms with van der Waals surface area (Å²) in [4.78, 5) is 17.9. The van der Waals surface area contributed by atoms with Crippen LogP contribution in [0.25, 0.3) is 16.2 Å². The van der Waals surface area contributed by atoms with Crippen LogP contribution in [0.2, 0.25) is 0 Å². The number of amides is 1. The Labute approximate surface area is 138 Å². The number of nitrogen functional groups attached to an aromatic ring is 1. The first-order chi connectivity index (χ1) is 11.1. The van der Waals surface area contributed by atoms with Gasteiger partial charge in [0.15, 0.2) is 0 Å². The molecule has 2 N–H and O–H groups in total. The highest BCUT2D eigenvalue weighted by molar-refractivity contribution is 7.17. The quantitative estimate of drug-likeness (QED) is 0.747. The van der Waals surface area contributed by atoms with Gasteiger partial charge in [-0.05, 0) is 46.2 Å². The van der Waals surface area contributed by atoms with Crippen molar-refractivity contribution >= 4 is 39.2 Å². The molecule has 5 heteroatoms. The average Bonchev–Trinajstić information content (AvgIpc) is 2.97. The van der Waals surface area contributed by atoms with Crippen LogP contribution in [-0.2, 0) is 11.3 Å². The molecule has 1 amide bonds. The molecule has 0 fully saturated rings. The predicted octanol–water partition coefficient (Wildman–Crippen LogP) is 3.55. The Balaban J connectivity index is 1.69. The highest BCUT2D eigenvalue weighted by Gasteiger charge is 2.09. The smallest absolute Gasteiger partial charge is 0.246 e. The summed E-state index contributed by atoms with van der Waals surface area (Å²) >= 11 is 1.70. The lowest BCUT2D eigenvalue weighted by atomic mass is 10.1. The van der Waals surface area contributed by atoms with Gasteiger partial charge in [0.2, 0.25) is 5.91 Å². The first kappa shape index (κ1) is 15.2. The SMILES string of the molecule is CN(Cc1csc2ccccc12)C(=O)/C=C/c1ccc(N)nc1. The van der Waals surface area contributed by atoms with Crippen LogP contribution in [0.15, 0.2) is 54.1 Å². The molecule has 2 heterocycles. The number of carbonyl (C=O) groups is 1. The van der Waals surface area contributed by atoms with E-state index in [4.69, 9.17) is 5.73 Å². The van der Waals surface area contributed by atoms with Crippen LogP contribution in [0.4, 0.5) is 5.82 Å². The van der Waals surface area contributed by atoms with Gasteiger partial charge in [-0.25, -0.2) is 4.98 Å². The molecule has 0 bridgehead atoms. The Morgan fingerprint density at radius 3 is 2.91 bits per heavy atom. The monoisotopic (exact) mass is 323 g/mol. The maximum Gasteiger partial charge on any atom is 0.246 e. The minimum atomic E-state index is -0.0443. The van der Waals surface area contributed by atoms with E-state index in [1.807, 2.05) is 18.2 Å². The number of hydrogen-bond donors (Lipinski definition) is 1. The molecule has 0 saturated heterocycles. The van der Waals surface area contributed by atoms with Crippen molar-refractivity contribution in [3.05, 3.63) is 65.2 Å². The molecular formula is C18H17N3OS. The van der Waals surface area contributed by atoms with Crippen molar-refractivity contribution < 1.29 is 4.79 Å². The maximum atomic E-state index is 12.2. The zero-order chi connectivity index (χ0) is 16.2. The summed E-state index contributed by atoms with van der Waals surface area (Å²) in [5.41, 5.74) is 7.56. The highest BCUT2D eigenvalue weighted by atomic mass is 32.1. The van der Waals surface area contributed by atoms with E-state index in [-0.39, 0.29) is 5.91 Å². The number of hydrogen-bond acceptors (Lipinski definition) is 4. The summed E-state index contributed by atoms with van der Waals surface area (Å²) in [5, 5.41) is 3.33. The largest absolute Gasteiger partial charge is 0.384 e. The number of anilines is 1. The summed E-state index contributed by atoms with van der Waals surface area (Å²) in [5.74, 6) is 0.423. The topological polar surface area (TPSA) is 59.2 Å². The molecule has 0 aliphatic carbocycles. The second-order valence-corrected chi connectivity index (χ2v) is 6.21. The summed E-state index contributed by atoms with van der Waals surface area (Å²) < 4.78 is 1.24. The van der Waals surface area contributed by atoms with Gasteiger partial charge >= 0.3 is 0 Å². The van der Waals surface area contributed by atoms with Crippen LogP contribution in [0.1, 0.15) is 11.1 Å². The minimum Gasteiger partial charge on any atom is -0.384 e. The van der Waals surface area contributed by atoms with E-state index in [1.165, 1.54) is 15.6 Å². The zero-order valence-electron chi connectivity index (χ0n) is 12.8. The van der Waals surface area contributed by atoms with Crippen molar-refractivity contribution in [2.75, 3.05) is 12.8 Å². The molecule has 0 unspecified atom stereocenters. The number of nitrogens with two attached hydrogens (primary N) is 1. The Hall–Kier alpha value is -2.66. The third-order valence-electron chi connectivity index (χ3n) is 3.57. The normalized spacial score (nSPS) is 11.2. The zero-order valence-corrected chi connectivity index (χ0v) is 13.6. The van der Waals surface area contributed by atoms with Gasteiger partial charge in [0.05, 0.1) is 0 Å². The Morgan fingerprint density at radius 2 is 2.13 bits per heavy atom. The number of thiophene rings is 1. The number of fused-ring (bicyclic) bond motifs is 1. The molecule has 0 spiro atoms. The van der Waals surface area contributed by atoms with Crippen molar-refractivity contribution in [1.29, 1.82) is 0 Å². The number of aromatic nitrogens is 1. The molecule has 116 valence electrons. The van der Waals surface area contributed by atoms with Gasteiger partial charge in [0.1, 0.15) is 5.82 Å². The van der Waals surface area contributed by atoms with Gasteiger partial charge in [0.25, 0.3) is 0 Å². The van der Waals surface area contributed by atoms with Crippen molar-refractivity contribution in [2.45, 2.75) is 6.54 Å². The third-order valence-corrected chi connectivity index (χ3v) is 4.58. The lowest BCUT2D eigenvalue weighted by molar-refractivity contribution is -0.125. The highest BCUT2D eigenvalue weighted by Crippen LogP contribution is 2.26. The van der Waals surface area contributed by atoms with Gasteiger partial charge in [0, 0.05) is 30.6 Å². The summed E-state index contributed by atoms with van der Waals surface area (Å²) in [6.45, 7) is 0.590. The molecule has 0 aliphatic heterocycles. The van der Waals surface area contributed by atoms with Gasteiger partial charge < -0.3 is 10.6 Å². The fraction of sp³-hybridized carbons (Fsp3) is 0.111. The van der Waals surface area contributed by atoms with Crippen LogP contribution >= 0.6 is 11.3 Å². The van der Waals surface area contributed by atoms with E-state index in [0.29, 0.717) is 12.4 Å². The number of likely N-dealkylation sites (N-methyl/N-ethyl adjacent to an activating group) is 1. The Kier molecular flexibility index (Phi) is 4.39. The van der Waals surface area contributed by atoms with Gasteiger partial charge in [-0.15, -0.1) is 11.3 Å². The van der Waals surface area contributed by atoms with Crippen molar-refractivity contribution in [3.63, 3.8) is 0 Å². The lowest BCUT2D eigenvalue weighted by Gasteiger charge is -2.14. The Bertz CT molecular complexity index is 852. The summed E-state index contributed by atoms with van der Waals surface area (Å²) in [6.07, 6.45) is 4.95. The predicted molar refractivity (Wildman–Crippen MR) is 96.0 cm³/mol. The first-order valence-corrected chi connectivity index (χ1v) is 8.11. The molecule has 0 radical (unpaired) electrons. The second-order valence-electron chi connectivity index (χ2n) is 5.30. The van der Waals surface area contributed by atoms with Gasteiger partial charge in [-0.2, -0.15) is 0 Å². The van der Waals surface area contributed by atoms with Crippen molar-refractivity contribution in [3.8, 4) is 0 Å². The molecule has 4 nitrogen and oxygen atoms in total. The average molecular weight is 323 g/mol. The number of pyridine rings is 1. The molecule has 1 aromatic carbocycles. The second kappa shape index (κ2) is 6.62. The van der Waals surface area contributed by atoms with Crippen molar-refractivity contribution in [2.24, 2.45) is 0 Å². The minimum absolute atomic E-state index is 0.0443. The number of benzene rings is 1. The molecule has 23 heavy (non-hydrogen) atoms. The number of nitrogens with zero attached hydrogens (tertiary/aromatic N) is 2.